The van der Waals surface area contributed by atoms with E-state index in [9.17, 15) is 9.59 Å². The molecule has 0 radical (unpaired) electrons. The molecule has 1 rings (SSSR count). The number of carbonyl (C=O) groups is 2. The Morgan fingerprint density at radius 1 is 0.920 bits per heavy atom. The molecule has 0 bridgehead atoms. The molecule has 0 aromatic heterocycles. The van der Waals surface area contributed by atoms with E-state index in [1.807, 2.05) is 53.7 Å². The van der Waals surface area contributed by atoms with Gasteiger partial charge in [-0.25, -0.2) is 4.79 Å². The molecule has 140 valence electrons. The summed E-state index contributed by atoms with van der Waals surface area (Å²) in [5.74, 6) is 0.404. The molecule has 0 fully saturated rings. The predicted octanol–water partition coefficient (Wildman–Crippen LogP) is 3.47. The van der Waals surface area contributed by atoms with Gasteiger partial charge in [0, 0.05) is 0 Å². The number of ether oxygens (including phenoxy) is 3. The van der Waals surface area contributed by atoms with Crippen LogP contribution in [0.4, 0.5) is 4.79 Å². The summed E-state index contributed by atoms with van der Waals surface area (Å²) in [6.45, 7) is 11.6. The molecule has 6 nitrogen and oxygen atoms in total. The third kappa shape index (κ3) is 10.3. The molecule has 0 spiro atoms. The summed E-state index contributed by atoms with van der Waals surface area (Å²) in [4.78, 5) is 23.3. The molecular weight excluding hydrogens is 322 g/mol. The number of esters is 1. The van der Waals surface area contributed by atoms with Crippen LogP contribution in [0.3, 0.4) is 0 Å². The van der Waals surface area contributed by atoms with Crippen LogP contribution in [0.5, 0.6) is 5.75 Å². The first-order valence-corrected chi connectivity index (χ1v) is 8.35. The van der Waals surface area contributed by atoms with Gasteiger partial charge in [0.2, 0.25) is 0 Å². The van der Waals surface area contributed by atoms with Crippen molar-refractivity contribution < 1.29 is 23.8 Å². The van der Waals surface area contributed by atoms with Crippen LogP contribution in [0.25, 0.3) is 0 Å². The minimum Gasteiger partial charge on any atom is -0.492 e. The molecule has 1 aromatic carbocycles. The molecule has 25 heavy (non-hydrogen) atoms. The van der Waals surface area contributed by atoms with E-state index in [2.05, 4.69) is 5.32 Å². The van der Waals surface area contributed by atoms with E-state index >= 15 is 0 Å². The van der Waals surface area contributed by atoms with E-state index in [4.69, 9.17) is 14.2 Å². The highest BCUT2D eigenvalue weighted by Crippen LogP contribution is 2.14. The molecule has 1 amide bonds. The van der Waals surface area contributed by atoms with E-state index in [-0.39, 0.29) is 12.4 Å². The van der Waals surface area contributed by atoms with E-state index in [0.29, 0.717) is 18.9 Å². The molecule has 0 aliphatic carbocycles. The van der Waals surface area contributed by atoms with Gasteiger partial charge in [-0.1, -0.05) is 12.1 Å². The standard InChI is InChI=1S/C19H29NO5/c1-18(2,3)24-16(21)13-14-7-9-15(10-8-14)23-12-11-20-17(22)25-19(4,5)6/h7-10H,11-13H2,1-6H3,(H,20,22). The Bertz CT molecular complexity index is 567. The lowest BCUT2D eigenvalue weighted by Gasteiger charge is -2.19. The Morgan fingerprint density at radius 3 is 2.00 bits per heavy atom. The zero-order chi connectivity index (χ0) is 19.1. The van der Waals surface area contributed by atoms with Crippen molar-refractivity contribution in [2.75, 3.05) is 13.2 Å². The van der Waals surface area contributed by atoms with Gasteiger partial charge in [0.05, 0.1) is 13.0 Å². The molecule has 0 saturated heterocycles. The molecule has 6 heteroatoms. The van der Waals surface area contributed by atoms with Gasteiger partial charge in [-0.2, -0.15) is 0 Å². The second-order valence-electron chi connectivity index (χ2n) is 7.68. The molecule has 0 saturated carbocycles. The number of rotatable bonds is 6. The van der Waals surface area contributed by atoms with Crippen LogP contribution >= 0.6 is 0 Å². The summed E-state index contributed by atoms with van der Waals surface area (Å²) in [5, 5.41) is 2.62. The fourth-order valence-corrected chi connectivity index (χ4v) is 1.88. The van der Waals surface area contributed by atoms with Gasteiger partial charge < -0.3 is 19.5 Å². The van der Waals surface area contributed by atoms with Crippen molar-refractivity contribution in [1.82, 2.24) is 5.32 Å². The zero-order valence-corrected chi connectivity index (χ0v) is 16.0. The fraction of sp³-hybridized carbons (Fsp3) is 0.579. The maximum Gasteiger partial charge on any atom is 0.407 e. The summed E-state index contributed by atoms with van der Waals surface area (Å²) < 4.78 is 16.0. The van der Waals surface area contributed by atoms with E-state index in [0.717, 1.165) is 5.56 Å². The Labute approximate surface area is 149 Å². The minimum atomic E-state index is -0.519. The van der Waals surface area contributed by atoms with Crippen LogP contribution in [0.1, 0.15) is 47.1 Å². The highest BCUT2D eigenvalue weighted by Gasteiger charge is 2.17. The Kier molecular flexibility index (Phi) is 7.27. The third-order valence-electron chi connectivity index (χ3n) is 2.73. The largest absolute Gasteiger partial charge is 0.492 e. The normalized spacial score (nSPS) is 11.6. The van der Waals surface area contributed by atoms with Gasteiger partial charge in [-0.15, -0.1) is 0 Å². The Balaban J connectivity index is 2.33. The van der Waals surface area contributed by atoms with Gasteiger partial charge in [0.1, 0.15) is 23.6 Å². The molecule has 1 N–H and O–H groups in total. The lowest BCUT2D eigenvalue weighted by Crippen LogP contribution is -2.34. The lowest BCUT2D eigenvalue weighted by atomic mass is 10.1. The maximum atomic E-state index is 11.8. The third-order valence-corrected chi connectivity index (χ3v) is 2.73. The highest BCUT2D eigenvalue weighted by atomic mass is 16.6. The van der Waals surface area contributed by atoms with Crippen molar-refractivity contribution in [1.29, 1.82) is 0 Å². The summed E-state index contributed by atoms with van der Waals surface area (Å²) in [6.07, 6.45) is -0.249. The molecule has 0 heterocycles. The summed E-state index contributed by atoms with van der Waals surface area (Å²) in [7, 11) is 0. The van der Waals surface area contributed by atoms with E-state index in [1.54, 1.807) is 12.1 Å². The maximum absolute atomic E-state index is 11.8. The Hall–Kier alpha value is -2.24. The molecule has 1 aromatic rings. The first-order valence-electron chi connectivity index (χ1n) is 8.35. The van der Waals surface area contributed by atoms with Crippen molar-refractivity contribution in [3.8, 4) is 5.75 Å². The van der Waals surface area contributed by atoms with Gasteiger partial charge in [-0.05, 0) is 59.2 Å². The average molecular weight is 351 g/mol. The van der Waals surface area contributed by atoms with Gasteiger partial charge in [0.25, 0.3) is 0 Å². The Morgan fingerprint density at radius 2 is 1.48 bits per heavy atom. The number of amides is 1. The number of alkyl carbamates (subject to hydrolysis) is 1. The van der Waals surface area contributed by atoms with Crippen molar-refractivity contribution in [3.63, 3.8) is 0 Å². The monoisotopic (exact) mass is 351 g/mol. The van der Waals surface area contributed by atoms with Crippen LogP contribution in [0, 0.1) is 0 Å². The smallest absolute Gasteiger partial charge is 0.407 e. The number of hydrogen-bond acceptors (Lipinski definition) is 5. The molecule has 0 unspecified atom stereocenters. The quantitative estimate of drug-likeness (QED) is 0.627. The lowest BCUT2D eigenvalue weighted by molar-refractivity contribution is -0.153. The van der Waals surface area contributed by atoms with Gasteiger partial charge >= 0.3 is 12.1 Å². The minimum absolute atomic E-state index is 0.220. The van der Waals surface area contributed by atoms with Crippen molar-refractivity contribution in [3.05, 3.63) is 29.8 Å². The summed E-state index contributed by atoms with van der Waals surface area (Å²) >= 11 is 0. The number of benzene rings is 1. The molecule has 0 aliphatic heterocycles. The van der Waals surface area contributed by atoms with Crippen LogP contribution in [-0.2, 0) is 20.7 Å². The predicted molar refractivity (Wildman–Crippen MR) is 95.7 cm³/mol. The average Bonchev–Trinajstić information content (AvgIpc) is 2.41. The SMILES string of the molecule is CC(C)(C)OC(=O)Cc1ccc(OCCNC(=O)OC(C)(C)C)cc1. The number of nitrogens with one attached hydrogen (secondary N) is 1. The summed E-state index contributed by atoms with van der Waals surface area (Å²) in [6, 6.07) is 7.21. The zero-order valence-electron chi connectivity index (χ0n) is 16.0. The van der Waals surface area contributed by atoms with Gasteiger partial charge in [0.15, 0.2) is 0 Å². The molecular formula is C19H29NO5. The topological polar surface area (TPSA) is 73.9 Å². The van der Waals surface area contributed by atoms with Crippen molar-refractivity contribution in [2.45, 2.75) is 59.2 Å². The second kappa shape index (κ2) is 8.74. The summed E-state index contributed by atoms with van der Waals surface area (Å²) in [5.41, 5.74) is -0.149. The van der Waals surface area contributed by atoms with Crippen LogP contribution < -0.4 is 10.1 Å². The number of hydrogen-bond donors (Lipinski definition) is 1. The van der Waals surface area contributed by atoms with E-state index in [1.165, 1.54) is 0 Å². The van der Waals surface area contributed by atoms with Crippen molar-refractivity contribution >= 4 is 12.1 Å². The van der Waals surface area contributed by atoms with Crippen LogP contribution in [-0.4, -0.2) is 36.4 Å². The fourth-order valence-electron chi connectivity index (χ4n) is 1.88. The molecule has 0 atom stereocenters. The van der Waals surface area contributed by atoms with Crippen molar-refractivity contribution in [2.24, 2.45) is 0 Å². The first-order chi connectivity index (χ1) is 11.4. The highest BCUT2D eigenvalue weighted by molar-refractivity contribution is 5.73. The number of carbonyl (C=O) groups excluding carboxylic acids is 2. The van der Waals surface area contributed by atoms with E-state index < -0.39 is 17.3 Å². The van der Waals surface area contributed by atoms with Crippen LogP contribution in [0.15, 0.2) is 24.3 Å². The first kappa shape index (κ1) is 20.8. The molecule has 0 aliphatic rings. The van der Waals surface area contributed by atoms with Crippen LogP contribution in [0.2, 0.25) is 0 Å². The second-order valence-corrected chi connectivity index (χ2v) is 7.68. The van der Waals surface area contributed by atoms with Gasteiger partial charge in [-0.3, -0.25) is 4.79 Å².